The molecule has 0 amide bonds. The van der Waals surface area contributed by atoms with Crippen LogP contribution in [0.25, 0.3) is 10.9 Å². The van der Waals surface area contributed by atoms with Crippen LogP contribution < -0.4 is 10.1 Å². The largest absolute Gasteiger partial charge is 0.494 e. The van der Waals surface area contributed by atoms with Crippen LogP contribution in [0.4, 0.5) is 5.69 Å². The van der Waals surface area contributed by atoms with Crippen LogP contribution in [0.1, 0.15) is 29.8 Å². The first-order valence-corrected chi connectivity index (χ1v) is 8.42. The highest BCUT2D eigenvalue weighted by Gasteiger charge is 2.25. The Balaban J connectivity index is 1.76. The van der Waals surface area contributed by atoms with E-state index in [0.29, 0.717) is 6.61 Å². The second-order valence-corrected chi connectivity index (χ2v) is 6.14. The minimum Gasteiger partial charge on any atom is -0.494 e. The first kappa shape index (κ1) is 15.7. The van der Waals surface area contributed by atoms with E-state index >= 15 is 0 Å². The van der Waals surface area contributed by atoms with Crippen molar-refractivity contribution in [3.8, 4) is 5.75 Å². The Morgan fingerprint density at radius 2 is 2.04 bits per heavy atom. The van der Waals surface area contributed by atoms with Crippen LogP contribution in [0, 0.1) is 10.1 Å². The number of nitrogens with zero attached hydrogens (tertiary/aromatic N) is 1. The Bertz CT molecular complexity index is 931. The molecule has 128 valence electrons. The highest BCUT2D eigenvalue weighted by molar-refractivity contribution is 5.86. The van der Waals surface area contributed by atoms with Crippen LogP contribution in [0.5, 0.6) is 5.75 Å². The van der Waals surface area contributed by atoms with Crippen molar-refractivity contribution in [1.82, 2.24) is 10.3 Å². The lowest BCUT2D eigenvalue weighted by Gasteiger charge is -2.24. The summed E-state index contributed by atoms with van der Waals surface area (Å²) in [6, 6.07) is 12.9. The number of ether oxygens (including phenoxy) is 1. The van der Waals surface area contributed by atoms with Crippen LogP contribution in [0.15, 0.2) is 42.5 Å². The Morgan fingerprint density at radius 1 is 1.24 bits per heavy atom. The van der Waals surface area contributed by atoms with Crippen LogP contribution in [-0.4, -0.2) is 23.1 Å². The molecule has 2 N–H and O–H groups in total. The van der Waals surface area contributed by atoms with Gasteiger partial charge in [-0.05, 0) is 42.7 Å². The molecular weight excluding hydrogens is 318 g/mol. The molecule has 1 unspecified atom stereocenters. The summed E-state index contributed by atoms with van der Waals surface area (Å²) in [4.78, 5) is 14.0. The predicted octanol–water partition coefficient (Wildman–Crippen LogP) is 3.71. The molecule has 6 nitrogen and oxygen atoms in total. The van der Waals surface area contributed by atoms with Gasteiger partial charge in [-0.1, -0.05) is 12.1 Å². The summed E-state index contributed by atoms with van der Waals surface area (Å²) >= 11 is 0. The number of H-pyrrole nitrogens is 1. The van der Waals surface area contributed by atoms with E-state index < -0.39 is 0 Å². The van der Waals surface area contributed by atoms with Gasteiger partial charge in [-0.2, -0.15) is 0 Å². The van der Waals surface area contributed by atoms with Crippen LogP contribution >= 0.6 is 0 Å². The molecule has 0 radical (unpaired) electrons. The average molecular weight is 337 g/mol. The van der Waals surface area contributed by atoms with Crippen LogP contribution in [-0.2, 0) is 6.42 Å². The van der Waals surface area contributed by atoms with Gasteiger partial charge >= 0.3 is 0 Å². The summed E-state index contributed by atoms with van der Waals surface area (Å²) in [5.74, 6) is 0.877. The Labute approximate surface area is 145 Å². The van der Waals surface area contributed by atoms with Crippen molar-refractivity contribution in [3.05, 3.63) is 69.4 Å². The van der Waals surface area contributed by atoms with E-state index in [1.54, 1.807) is 12.1 Å². The van der Waals surface area contributed by atoms with E-state index in [1.807, 2.05) is 31.2 Å². The number of non-ortho nitro benzene ring substituents is 1. The van der Waals surface area contributed by atoms with Gasteiger partial charge in [0, 0.05) is 35.3 Å². The third-order valence-electron chi connectivity index (χ3n) is 4.67. The zero-order chi connectivity index (χ0) is 17.4. The van der Waals surface area contributed by atoms with Crippen molar-refractivity contribution in [1.29, 1.82) is 0 Å². The van der Waals surface area contributed by atoms with Gasteiger partial charge in [-0.3, -0.25) is 10.1 Å². The number of nitrogens with one attached hydrogen (secondary N) is 2. The normalized spacial score (nSPS) is 16.6. The van der Waals surface area contributed by atoms with Gasteiger partial charge in [0.15, 0.2) is 0 Å². The van der Waals surface area contributed by atoms with Gasteiger partial charge < -0.3 is 15.0 Å². The molecule has 4 rings (SSSR count). The molecule has 2 heterocycles. The van der Waals surface area contributed by atoms with E-state index in [2.05, 4.69) is 16.4 Å². The quantitative estimate of drug-likeness (QED) is 0.562. The van der Waals surface area contributed by atoms with E-state index in [1.165, 1.54) is 10.9 Å². The third-order valence-corrected chi connectivity index (χ3v) is 4.67. The molecule has 0 bridgehead atoms. The Morgan fingerprint density at radius 3 is 2.76 bits per heavy atom. The highest BCUT2D eigenvalue weighted by Crippen LogP contribution is 2.35. The number of hydrogen-bond acceptors (Lipinski definition) is 4. The van der Waals surface area contributed by atoms with Gasteiger partial charge in [0.2, 0.25) is 0 Å². The van der Waals surface area contributed by atoms with E-state index in [0.717, 1.165) is 35.5 Å². The van der Waals surface area contributed by atoms with E-state index in [-0.39, 0.29) is 16.7 Å². The summed E-state index contributed by atoms with van der Waals surface area (Å²) in [6.07, 6.45) is 0.939. The molecule has 25 heavy (non-hydrogen) atoms. The standard InChI is InChI=1S/C19H19N3O3/c1-2-25-14-7-8-17-16(11-14)15-9-10-20-18(19(15)21-17)12-3-5-13(6-4-12)22(23)24/h3-8,11,18,20-21H,2,9-10H2,1H3. The number of benzene rings is 2. The summed E-state index contributed by atoms with van der Waals surface area (Å²) in [6.45, 7) is 3.48. The Kier molecular flexibility index (Phi) is 3.89. The molecule has 3 aromatic rings. The Hall–Kier alpha value is -2.86. The van der Waals surface area contributed by atoms with Crippen molar-refractivity contribution in [2.45, 2.75) is 19.4 Å². The van der Waals surface area contributed by atoms with E-state index in [9.17, 15) is 10.1 Å². The number of fused-ring (bicyclic) bond motifs is 3. The number of nitro groups is 1. The zero-order valence-electron chi connectivity index (χ0n) is 13.9. The van der Waals surface area contributed by atoms with Gasteiger partial charge in [0.05, 0.1) is 17.6 Å². The second kappa shape index (κ2) is 6.22. The first-order valence-electron chi connectivity index (χ1n) is 8.42. The van der Waals surface area contributed by atoms with E-state index in [4.69, 9.17) is 4.74 Å². The van der Waals surface area contributed by atoms with Crippen molar-refractivity contribution in [2.75, 3.05) is 13.2 Å². The van der Waals surface area contributed by atoms with Crippen LogP contribution in [0.3, 0.4) is 0 Å². The van der Waals surface area contributed by atoms with Gasteiger partial charge in [0.1, 0.15) is 5.75 Å². The molecular formula is C19H19N3O3. The molecule has 1 aliphatic rings. The van der Waals surface area contributed by atoms with Crippen molar-refractivity contribution < 1.29 is 9.66 Å². The van der Waals surface area contributed by atoms with Crippen molar-refractivity contribution >= 4 is 16.6 Å². The molecule has 0 saturated carbocycles. The van der Waals surface area contributed by atoms with Crippen LogP contribution in [0.2, 0.25) is 0 Å². The molecule has 0 saturated heterocycles. The fraction of sp³-hybridized carbons (Fsp3) is 0.263. The number of rotatable bonds is 4. The lowest BCUT2D eigenvalue weighted by atomic mass is 9.94. The lowest BCUT2D eigenvalue weighted by molar-refractivity contribution is -0.384. The molecule has 0 spiro atoms. The highest BCUT2D eigenvalue weighted by atomic mass is 16.6. The molecule has 1 atom stereocenters. The first-order chi connectivity index (χ1) is 12.2. The summed E-state index contributed by atoms with van der Waals surface area (Å²) in [5, 5.41) is 15.6. The minimum absolute atomic E-state index is 0.00694. The summed E-state index contributed by atoms with van der Waals surface area (Å²) in [7, 11) is 0. The number of nitro benzene ring substituents is 1. The maximum absolute atomic E-state index is 10.9. The van der Waals surface area contributed by atoms with Gasteiger partial charge in [-0.15, -0.1) is 0 Å². The molecule has 1 aromatic heterocycles. The lowest BCUT2D eigenvalue weighted by Crippen LogP contribution is -2.30. The second-order valence-electron chi connectivity index (χ2n) is 6.14. The third kappa shape index (κ3) is 2.74. The topological polar surface area (TPSA) is 80.2 Å². The maximum atomic E-state index is 10.9. The maximum Gasteiger partial charge on any atom is 0.269 e. The molecule has 6 heteroatoms. The van der Waals surface area contributed by atoms with Gasteiger partial charge in [-0.25, -0.2) is 0 Å². The fourth-order valence-electron chi connectivity index (χ4n) is 3.54. The monoisotopic (exact) mass is 337 g/mol. The summed E-state index contributed by atoms with van der Waals surface area (Å²) in [5.41, 5.74) is 4.63. The zero-order valence-corrected chi connectivity index (χ0v) is 13.9. The SMILES string of the molecule is CCOc1ccc2[nH]c3c(c2c1)CCNC3c1ccc([N+](=O)[O-])cc1. The van der Waals surface area contributed by atoms with Crippen molar-refractivity contribution in [2.24, 2.45) is 0 Å². The molecule has 1 aliphatic heterocycles. The number of hydrogen-bond donors (Lipinski definition) is 2. The average Bonchev–Trinajstić information content (AvgIpc) is 3.00. The number of aromatic amines is 1. The van der Waals surface area contributed by atoms with Crippen molar-refractivity contribution in [3.63, 3.8) is 0 Å². The predicted molar refractivity (Wildman–Crippen MR) is 96.1 cm³/mol. The molecule has 2 aromatic carbocycles. The smallest absolute Gasteiger partial charge is 0.269 e. The molecule has 0 aliphatic carbocycles. The summed E-state index contributed by atoms with van der Waals surface area (Å²) < 4.78 is 5.63. The molecule has 0 fully saturated rings. The van der Waals surface area contributed by atoms with Gasteiger partial charge in [0.25, 0.3) is 5.69 Å². The minimum atomic E-state index is -0.373. The fourth-order valence-corrected chi connectivity index (χ4v) is 3.54. The number of aromatic nitrogens is 1.